The molecule has 0 amide bonds. The van der Waals surface area contributed by atoms with Crippen LogP contribution in [0.5, 0.6) is 0 Å². The van der Waals surface area contributed by atoms with Gasteiger partial charge in [0.05, 0.1) is 0 Å². The molecule has 1 aromatic heterocycles. The van der Waals surface area contributed by atoms with E-state index in [1.54, 1.807) is 31.2 Å². The molecule has 3 heteroatoms. The highest BCUT2D eigenvalue weighted by atomic mass is 16.3. The Morgan fingerprint density at radius 2 is 1.81 bits per heavy atom. The largest absolute Gasteiger partial charge is 0.461 e. The third kappa shape index (κ3) is 2.08. The second-order valence-electron chi connectivity index (χ2n) is 3.51. The number of benzene rings is 1. The molecule has 80 valence electrons. The summed E-state index contributed by atoms with van der Waals surface area (Å²) in [7, 11) is 0. The van der Waals surface area contributed by atoms with Crippen LogP contribution in [0.1, 0.15) is 16.1 Å². The van der Waals surface area contributed by atoms with Crippen molar-refractivity contribution in [2.75, 3.05) is 0 Å². The van der Waals surface area contributed by atoms with Crippen LogP contribution in [0.3, 0.4) is 0 Å². The minimum absolute atomic E-state index is 0.0850. The molecule has 16 heavy (non-hydrogen) atoms. The van der Waals surface area contributed by atoms with E-state index in [0.717, 1.165) is 11.8 Å². The lowest BCUT2D eigenvalue weighted by molar-refractivity contribution is 0.112. The molecule has 0 saturated heterocycles. The molecule has 0 bridgehead atoms. The fourth-order valence-corrected chi connectivity index (χ4v) is 1.47. The van der Waals surface area contributed by atoms with Gasteiger partial charge in [-0.2, -0.15) is 0 Å². The summed E-state index contributed by atoms with van der Waals surface area (Å²) < 4.78 is 5.43. The molecule has 0 unspecified atom stereocenters. The van der Waals surface area contributed by atoms with Gasteiger partial charge in [0.15, 0.2) is 5.43 Å². The molecule has 0 spiro atoms. The lowest BCUT2D eigenvalue weighted by Crippen LogP contribution is -1.98. The van der Waals surface area contributed by atoms with Gasteiger partial charge in [0, 0.05) is 23.3 Å². The number of rotatable bonds is 2. The van der Waals surface area contributed by atoms with E-state index in [0.29, 0.717) is 17.1 Å². The van der Waals surface area contributed by atoms with E-state index in [1.165, 1.54) is 12.1 Å². The average Bonchev–Trinajstić information content (AvgIpc) is 2.28. The molecule has 0 atom stereocenters. The molecular formula is C13H10O3. The maximum Gasteiger partial charge on any atom is 0.185 e. The smallest absolute Gasteiger partial charge is 0.185 e. The number of hydrogen-bond acceptors (Lipinski definition) is 3. The zero-order valence-corrected chi connectivity index (χ0v) is 8.77. The quantitative estimate of drug-likeness (QED) is 0.721. The molecule has 2 rings (SSSR count). The molecule has 3 nitrogen and oxygen atoms in total. The second kappa shape index (κ2) is 4.14. The van der Waals surface area contributed by atoms with Gasteiger partial charge in [-0.05, 0) is 6.92 Å². The molecular weight excluding hydrogens is 204 g/mol. The van der Waals surface area contributed by atoms with Gasteiger partial charge >= 0.3 is 0 Å². The predicted molar refractivity (Wildman–Crippen MR) is 60.5 cm³/mol. The highest BCUT2D eigenvalue weighted by molar-refractivity contribution is 5.76. The van der Waals surface area contributed by atoms with Crippen LogP contribution in [0.4, 0.5) is 0 Å². The second-order valence-corrected chi connectivity index (χ2v) is 3.51. The van der Waals surface area contributed by atoms with Gasteiger partial charge < -0.3 is 4.42 Å². The minimum atomic E-state index is -0.0850. The normalized spacial score (nSPS) is 10.1. The third-order valence-corrected chi connectivity index (χ3v) is 2.22. The maximum atomic E-state index is 11.3. The number of aldehydes is 1. The molecule has 1 heterocycles. The van der Waals surface area contributed by atoms with Crippen LogP contribution in [0.15, 0.2) is 45.6 Å². The van der Waals surface area contributed by atoms with E-state index < -0.39 is 0 Å². The molecule has 1 aromatic carbocycles. The zero-order chi connectivity index (χ0) is 11.5. The highest BCUT2D eigenvalue weighted by Gasteiger charge is 2.02. The van der Waals surface area contributed by atoms with Crippen molar-refractivity contribution in [2.45, 2.75) is 6.92 Å². The summed E-state index contributed by atoms with van der Waals surface area (Å²) in [5.41, 5.74) is 1.29. The Kier molecular flexibility index (Phi) is 2.68. The molecule has 0 fully saturated rings. The predicted octanol–water partition coefficient (Wildman–Crippen LogP) is 2.43. The van der Waals surface area contributed by atoms with Crippen molar-refractivity contribution < 1.29 is 9.21 Å². The molecule has 0 N–H and O–H groups in total. The van der Waals surface area contributed by atoms with E-state index >= 15 is 0 Å². The summed E-state index contributed by atoms with van der Waals surface area (Å²) in [6.45, 7) is 1.73. The molecule has 0 aliphatic heterocycles. The van der Waals surface area contributed by atoms with Crippen LogP contribution in [-0.2, 0) is 0 Å². The van der Waals surface area contributed by atoms with Crippen LogP contribution in [0.2, 0.25) is 0 Å². The summed E-state index contributed by atoms with van der Waals surface area (Å²) in [6.07, 6.45) is 0.774. The Hall–Kier alpha value is -2.16. The van der Waals surface area contributed by atoms with Crippen molar-refractivity contribution in [1.29, 1.82) is 0 Å². The average molecular weight is 214 g/mol. The number of aryl methyl sites for hydroxylation is 1. The Labute approximate surface area is 92.3 Å². The highest BCUT2D eigenvalue weighted by Crippen LogP contribution is 2.18. The van der Waals surface area contributed by atoms with E-state index in [9.17, 15) is 9.59 Å². The zero-order valence-electron chi connectivity index (χ0n) is 8.77. The van der Waals surface area contributed by atoms with Gasteiger partial charge in [0.1, 0.15) is 17.8 Å². The monoisotopic (exact) mass is 214 g/mol. The van der Waals surface area contributed by atoms with E-state index in [2.05, 4.69) is 0 Å². The standard InChI is InChI=1S/C13H10O3/c1-9-6-12(15)7-13(16-9)11-4-2-10(8-14)3-5-11/h2-8H,1H3. The van der Waals surface area contributed by atoms with Gasteiger partial charge in [-0.25, -0.2) is 0 Å². The Morgan fingerprint density at radius 1 is 1.12 bits per heavy atom. The number of carbonyl (C=O) groups is 1. The van der Waals surface area contributed by atoms with Gasteiger partial charge in [-0.3, -0.25) is 9.59 Å². The van der Waals surface area contributed by atoms with E-state index in [-0.39, 0.29) is 5.43 Å². The first-order valence-corrected chi connectivity index (χ1v) is 4.86. The Bertz CT molecular complexity index is 564. The molecule has 0 aliphatic carbocycles. The molecule has 0 saturated carbocycles. The summed E-state index contributed by atoms with van der Waals surface area (Å²) in [5, 5.41) is 0. The molecule has 2 aromatic rings. The van der Waals surface area contributed by atoms with Crippen molar-refractivity contribution in [3.8, 4) is 11.3 Å². The van der Waals surface area contributed by atoms with Crippen LogP contribution in [-0.4, -0.2) is 6.29 Å². The van der Waals surface area contributed by atoms with Crippen molar-refractivity contribution in [1.82, 2.24) is 0 Å². The van der Waals surface area contributed by atoms with Crippen molar-refractivity contribution in [3.63, 3.8) is 0 Å². The fraction of sp³-hybridized carbons (Fsp3) is 0.0769. The lowest BCUT2D eigenvalue weighted by atomic mass is 10.1. The van der Waals surface area contributed by atoms with Crippen molar-refractivity contribution in [3.05, 3.63) is 57.9 Å². The van der Waals surface area contributed by atoms with E-state index in [4.69, 9.17) is 4.42 Å². The van der Waals surface area contributed by atoms with Crippen LogP contribution >= 0.6 is 0 Å². The van der Waals surface area contributed by atoms with E-state index in [1.807, 2.05) is 0 Å². The first-order valence-electron chi connectivity index (χ1n) is 4.86. The van der Waals surface area contributed by atoms with Crippen molar-refractivity contribution in [2.24, 2.45) is 0 Å². The van der Waals surface area contributed by atoms with Crippen LogP contribution in [0, 0.1) is 6.92 Å². The SMILES string of the molecule is Cc1cc(=O)cc(-c2ccc(C=O)cc2)o1. The third-order valence-electron chi connectivity index (χ3n) is 2.22. The first-order chi connectivity index (χ1) is 7.69. The number of carbonyl (C=O) groups excluding carboxylic acids is 1. The van der Waals surface area contributed by atoms with Gasteiger partial charge in [-0.15, -0.1) is 0 Å². The summed E-state index contributed by atoms with van der Waals surface area (Å²) in [4.78, 5) is 21.8. The fourth-order valence-electron chi connectivity index (χ4n) is 1.47. The first kappa shape index (κ1) is 10.4. The summed E-state index contributed by atoms with van der Waals surface area (Å²) >= 11 is 0. The summed E-state index contributed by atoms with van der Waals surface area (Å²) in [6, 6.07) is 9.74. The van der Waals surface area contributed by atoms with Crippen LogP contribution < -0.4 is 5.43 Å². The number of hydrogen-bond donors (Lipinski definition) is 0. The summed E-state index contributed by atoms with van der Waals surface area (Å²) in [5.74, 6) is 1.09. The van der Waals surface area contributed by atoms with Gasteiger partial charge in [0.2, 0.25) is 0 Å². The maximum absolute atomic E-state index is 11.3. The Morgan fingerprint density at radius 3 is 2.38 bits per heavy atom. The van der Waals surface area contributed by atoms with Crippen LogP contribution in [0.25, 0.3) is 11.3 Å². The van der Waals surface area contributed by atoms with Gasteiger partial charge in [0.25, 0.3) is 0 Å². The lowest BCUT2D eigenvalue weighted by Gasteiger charge is -2.01. The minimum Gasteiger partial charge on any atom is -0.461 e. The topological polar surface area (TPSA) is 47.3 Å². The molecule has 0 radical (unpaired) electrons. The van der Waals surface area contributed by atoms with Gasteiger partial charge in [-0.1, -0.05) is 24.3 Å². The van der Waals surface area contributed by atoms with Crippen molar-refractivity contribution >= 4 is 6.29 Å². The molecule has 0 aliphatic rings. The Balaban J connectivity index is 2.49.